The fraction of sp³-hybridized carbons (Fsp3) is 0.727. The molecule has 6 nitrogen and oxygen atoms in total. The lowest BCUT2D eigenvalue weighted by Gasteiger charge is -2.29. The van der Waals surface area contributed by atoms with Gasteiger partial charge in [0.2, 0.25) is 0 Å². The lowest BCUT2D eigenvalue weighted by Crippen LogP contribution is -2.45. The van der Waals surface area contributed by atoms with Gasteiger partial charge in [0.15, 0.2) is 30.1 Å². The van der Waals surface area contributed by atoms with Crippen LogP contribution in [0.2, 0.25) is 0 Å². The standard InChI is InChI=1S/C22H30O6/c1-21(2)23-12-16(26-21)17-18(19-20(25-17)28-22(3,4)27-19)24-15-9-7-14(8-10-15)11-13-5-6-13/h7-10,13,16-20H,5-6,11-12H2,1-4H3/t16?,17-,18+,19-,20-/m1/s1. The van der Waals surface area contributed by atoms with E-state index in [1.165, 1.54) is 18.4 Å². The van der Waals surface area contributed by atoms with Crippen LogP contribution in [0.15, 0.2) is 24.3 Å². The summed E-state index contributed by atoms with van der Waals surface area (Å²) in [6.45, 7) is 8.07. The Morgan fingerprint density at radius 1 is 0.929 bits per heavy atom. The first-order valence-electron chi connectivity index (χ1n) is 10.4. The normalized spacial score (nSPS) is 38.5. The van der Waals surface area contributed by atoms with Crippen LogP contribution in [0.1, 0.15) is 46.1 Å². The van der Waals surface area contributed by atoms with Gasteiger partial charge in [0, 0.05) is 0 Å². The maximum atomic E-state index is 6.39. The SMILES string of the molecule is CC1(C)OCC([C@H]2O[C@@H]3OC(C)(C)O[C@@H]3[C@H]2Oc2ccc(CC3CC3)cc2)O1. The van der Waals surface area contributed by atoms with Gasteiger partial charge in [-0.2, -0.15) is 0 Å². The number of rotatable bonds is 5. The summed E-state index contributed by atoms with van der Waals surface area (Å²) in [7, 11) is 0. The molecule has 28 heavy (non-hydrogen) atoms. The van der Waals surface area contributed by atoms with E-state index < -0.39 is 17.9 Å². The van der Waals surface area contributed by atoms with Gasteiger partial charge in [-0.25, -0.2) is 0 Å². The Kier molecular flexibility index (Phi) is 4.49. The number of fused-ring (bicyclic) bond motifs is 1. The molecule has 5 atom stereocenters. The van der Waals surface area contributed by atoms with Gasteiger partial charge in [-0.05, 0) is 70.6 Å². The van der Waals surface area contributed by atoms with Gasteiger partial charge in [-0.1, -0.05) is 12.1 Å². The Morgan fingerprint density at radius 2 is 1.68 bits per heavy atom. The van der Waals surface area contributed by atoms with Gasteiger partial charge in [0.05, 0.1) is 6.61 Å². The number of benzene rings is 1. The highest BCUT2D eigenvalue weighted by Crippen LogP contribution is 2.42. The second-order valence-corrected chi connectivity index (χ2v) is 9.31. The first-order chi connectivity index (χ1) is 13.3. The van der Waals surface area contributed by atoms with Crippen molar-refractivity contribution in [3.8, 4) is 5.75 Å². The van der Waals surface area contributed by atoms with Gasteiger partial charge in [0.1, 0.15) is 18.0 Å². The van der Waals surface area contributed by atoms with Crippen LogP contribution in [0.3, 0.4) is 0 Å². The van der Waals surface area contributed by atoms with Crippen molar-refractivity contribution >= 4 is 0 Å². The van der Waals surface area contributed by atoms with Gasteiger partial charge < -0.3 is 28.4 Å². The molecule has 6 heteroatoms. The summed E-state index contributed by atoms with van der Waals surface area (Å²) in [6, 6.07) is 8.40. The van der Waals surface area contributed by atoms with Crippen molar-refractivity contribution < 1.29 is 28.4 Å². The molecular formula is C22H30O6. The monoisotopic (exact) mass is 390 g/mol. The van der Waals surface area contributed by atoms with E-state index in [2.05, 4.69) is 12.1 Å². The Hall–Kier alpha value is -1.18. The topological polar surface area (TPSA) is 55.4 Å². The molecule has 0 radical (unpaired) electrons. The highest BCUT2D eigenvalue weighted by molar-refractivity contribution is 5.28. The van der Waals surface area contributed by atoms with Gasteiger partial charge in [-0.15, -0.1) is 0 Å². The minimum Gasteiger partial charge on any atom is -0.485 e. The van der Waals surface area contributed by atoms with E-state index in [4.69, 9.17) is 28.4 Å². The van der Waals surface area contributed by atoms with Crippen LogP contribution in [0.4, 0.5) is 0 Å². The summed E-state index contributed by atoms with van der Waals surface area (Å²) in [5.74, 6) is 0.365. The number of hydrogen-bond acceptors (Lipinski definition) is 6. The van der Waals surface area contributed by atoms with Crippen molar-refractivity contribution in [1.82, 2.24) is 0 Å². The first kappa shape index (κ1) is 18.8. The van der Waals surface area contributed by atoms with Crippen LogP contribution < -0.4 is 4.74 Å². The molecular weight excluding hydrogens is 360 g/mol. The third-order valence-corrected chi connectivity index (χ3v) is 5.84. The average molecular weight is 390 g/mol. The van der Waals surface area contributed by atoms with E-state index in [0.717, 1.165) is 18.1 Å². The van der Waals surface area contributed by atoms with E-state index >= 15 is 0 Å². The number of ether oxygens (including phenoxy) is 6. The highest BCUT2D eigenvalue weighted by Gasteiger charge is 2.59. The second-order valence-electron chi connectivity index (χ2n) is 9.31. The fourth-order valence-corrected chi connectivity index (χ4v) is 4.33. The Balaban J connectivity index is 1.33. The molecule has 3 saturated heterocycles. The lowest BCUT2D eigenvalue weighted by molar-refractivity contribution is -0.230. The lowest BCUT2D eigenvalue weighted by atomic mass is 10.1. The van der Waals surface area contributed by atoms with E-state index in [1.54, 1.807) is 0 Å². The van der Waals surface area contributed by atoms with Gasteiger partial charge in [-0.3, -0.25) is 0 Å². The molecule has 5 rings (SSSR count). The van der Waals surface area contributed by atoms with Crippen LogP contribution in [0.25, 0.3) is 0 Å². The van der Waals surface area contributed by atoms with E-state index in [-0.39, 0.29) is 24.4 Å². The van der Waals surface area contributed by atoms with E-state index in [0.29, 0.717) is 6.61 Å². The molecule has 4 aliphatic rings. The molecule has 1 unspecified atom stereocenters. The molecule has 1 aliphatic carbocycles. The van der Waals surface area contributed by atoms with Crippen LogP contribution in [0, 0.1) is 5.92 Å². The minimum absolute atomic E-state index is 0.227. The summed E-state index contributed by atoms with van der Waals surface area (Å²) >= 11 is 0. The zero-order valence-electron chi connectivity index (χ0n) is 17.1. The largest absolute Gasteiger partial charge is 0.485 e. The van der Waals surface area contributed by atoms with Crippen molar-refractivity contribution in [3.63, 3.8) is 0 Å². The Morgan fingerprint density at radius 3 is 2.32 bits per heavy atom. The summed E-state index contributed by atoms with van der Waals surface area (Å²) in [5.41, 5.74) is 1.36. The van der Waals surface area contributed by atoms with E-state index in [9.17, 15) is 0 Å². The first-order valence-corrected chi connectivity index (χ1v) is 10.4. The van der Waals surface area contributed by atoms with Crippen LogP contribution >= 0.6 is 0 Å². The molecule has 1 saturated carbocycles. The Labute approximate surface area is 166 Å². The molecule has 3 aliphatic heterocycles. The van der Waals surface area contributed by atoms with Gasteiger partial charge in [0.25, 0.3) is 0 Å². The molecule has 3 heterocycles. The zero-order valence-corrected chi connectivity index (χ0v) is 17.1. The predicted molar refractivity (Wildman–Crippen MR) is 101 cm³/mol. The molecule has 0 N–H and O–H groups in total. The summed E-state index contributed by atoms with van der Waals surface area (Å²) in [6.07, 6.45) is 2.22. The zero-order chi connectivity index (χ0) is 19.5. The summed E-state index contributed by atoms with van der Waals surface area (Å²) < 4.78 is 36.4. The minimum atomic E-state index is -0.692. The number of hydrogen-bond donors (Lipinski definition) is 0. The Bertz CT molecular complexity index is 710. The third-order valence-electron chi connectivity index (χ3n) is 5.84. The van der Waals surface area contributed by atoms with Crippen LogP contribution in [0.5, 0.6) is 5.75 Å². The maximum Gasteiger partial charge on any atom is 0.191 e. The van der Waals surface area contributed by atoms with Crippen molar-refractivity contribution in [3.05, 3.63) is 29.8 Å². The van der Waals surface area contributed by atoms with Crippen LogP contribution in [-0.4, -0.2) is 48.9 Å². The molecule has 4 fully saturated rings. The molecule has 0 aromatic heterocycles. The van der Waals surface area contributed by atoms with Crippen LogP contribution in [-0.2, 0) is 30.1 Å². The summed E-state index contributed by atoms with van der Waals surface area (Å²) in [4.78, 5) is 0. The molecule has 1 aromatic rings. The molecule has 1 aromatic carbocycles. The second kappa shape index (κ2) is 6.67. The fourth-order valence-electron chi connectivity index (χ4n) is 4.33. The summed E-state index contributed by atoms with van der Waals surface area (Å²) in [5, 5.41) is 0. The van der Waals surface area contributed by atoms with Crippen molar-refractivity contribution in [2.75, 3.05) is 6.61 Å². The maximum absolute atomic E-state index is 6.39. The van der Waals surface area contributed by atoms with E-state index in [1.807, 2.05) is 39.8 Å². The van der Waals surface area contributed by atoms with Crippen molar-refractivity contribution in [2.24, 2.45) is 5.92 Å². The van der Waals surface area contributed by atoms with Crippen molar-refractivity contribution in [2.45, 2.75) is 89.2 Å². The molecule has 0 amide bonds. The smallest absolute Gasteiger partial charge is 0.191 e. The quantitative estimate of drug-likeness (QED) is 0.768. The van der Waals surface area contributed by atoms with Crippen molar-refractivity contribution in [1.29, 1.82) is 0 Å². The third kappa shape index (κ3) is 3.81. The average Bonchev–Trinajstić information content (AvgIpc) is 3.18. The molecule has 0 bridgehead atoms. The molecule has 154 valence electrons. The molecule has 0 spiro atoms. The van der Waals surface area contributed by atoms with Gasteiger partial charge >= 0.3 is 0 Å². The highest BCUT2D eigenvalue weighted by atomic mass is 16.8. The predicted octanol–water partition coefficient (Wildman–Crippen LogP) is 3.41.